The Bertz CT molecular complexity index is 1520. The first-order valence-electron chi connectivity index (χ1n) is 8.07. The summed E-state index contributed by atoms with van der Waals surface area (Å²) in [5.41, 5.74) is -1.28. The summed E-state index contributed by atoms with van der Waals surface area (Å²) < 4.78 is 130. The molecule has 20 heteroatoms. The third-order valence-electron chi connectivity index (χ3n) is 3.51. The second-order valence-corrected chi connectivity index (χ2v) is 10.9. The summed E-state index contributed by atoms with van der Waals surface area (Å²) in [7, 11) is -19.6. The molecule has 0 saturated heterocycles. The van der Waals surface area contributed by atoms with Gasteiger partial charge in [-0.15, -0.1) is 10.2 Å². The maximum absolute atomic E-state index is 11.7. The molecule has 0 unspecified atom stereocenters. The average Bonchev–Trinajstić information content (AvgIpc) is 2.67. The molecule has 2 aromatic rings. The van der Waals surface area contributed by atoms with E-state index in [0.29, 0.717) is 12.1 Å². The second-order valence-electron chi connectivity index (χ2n) is 5.99. The van der Waals surface area contributed by atoms with Crippen LogP contribution in [0.2, 0.25) is 0 Å². The smallest absolute Gasteiger partial charge is 0.282 e. The highest BCUT2D eigenvalue weighted by atomic mass is 32.2. The van der Waals surface area contributed by atoms with Crippen molar-refractivity contribution in [3.63, 3.8) is 0 Å². The molecule has 0 aliphatic heterocycles. The summed E-state index contributed by atoms with van der Waals surface area (Å²) in [4.78, 5) is -1.61. The lowest BCUT2D eigenvalue weighted by Gasteiger charge is -2.06. The zero-order chi connectivity index (χ0) is 25.9. The van der Waals surface area contributed by atoms with Crippen molar-refractivity contribution in [2.24, 2.45) is 19.3 Å². The SMILES string of the molecule is O=S(=O)(O)N=Nc1ccc(C=Cc2ccc(N=NS(=O)(=O)O)cc2S(=O)(=O)O)c(S(=O)(=O)O)c1. The lowest BCUT2D eigenvalue weighted by atomic mass is 10.1. The fourth-order valence-electron chi connectivity index (χ4n) is 2.27. The van der Waals surface area contributed by atoms with Crippen molar-refractivity contribution in [3.8, 4) is 0 Å². The van der Waals surface area contributed by atoms with Crippen LogP contribution in [0.25, 0.3) is 12.2 Å². The van der Waals surface area contributed by atoms with Crippen LogP contribution in [-0.4, -0.2) is 51.9 Å². The summed E-state index contributed by atoms with van der Waals surface area (Å²) in [6, 6.07) is 5.55. The van der Waals surface area contributed by atoms with Crippen LogP contribution in [-0.2, 0) is 40.8 Å². The molecule has 0 spiro atoms. The second kappa shape index (κ2) is 9.71. The molecule has 34 heavy (non-hydrogen) atoms. The van der Waals surface area contributed by atoms with Crippen LogP contribution in [0.15, 0.2) is 65.5 Å². The molecule has 16 nitrogen and oxygen atoms in total. The molecule has 0 heterocycles. The minimum atomic E-state index is -4.92. The fraction of sp³-hybridized carbons (Fsp3) is 0. The number of hydrogen-bond donors (Lipinski definition) is 4. The molecule has 0 radical (unpaired) electrons. The maximum atomic E-state index is 11.7. The summed E-state index contributed by atoms with van der Waals surface area (Å²) >= 11 is 0. The van der Waals surface area contributed by atoms with Crippen molar-refractivity contribution >= 4 is 64.4 Å². The van der Waals surface area contributed by atoms with Gasteiger partial charge in [0.2, 0.25) is 0 Å². The van der Waals surface area contributed by atoms with Crippen molar-refractivity contribution in [1.82, 2.24) is 0 Å². The topological polar surface area (TPSA) is 267 Å². The molecule has 0 aliphatic carbocycles. The van der Waals surface area contributed by atoms with E-state index in [-0.39, 0.29) is 11.1 Å². The quantitative estimate of drug-likeness (QED) is 0.207. The Kier molecular flexibility index (Phi) is 7.79. The van der Waals surface area contributed by atoms with Crippen LogP contribution in [0.5, 0.6) is 0 Å². The highest BCUT2D eigenvalue weighted by molar-refractivity contribution is 7.86. The molecule has 0 bridgehead atoms. The van der Waals surface area contributed by atoms with Gasteiger partial charge in [0.25, 0.3) is 20.2 Å². The largest absolute Gasteiger partial charge is 0.396 e. The molecule has 0 aliphatic rings. The van der Waals surface area contributed by atoms with Crippen molar-refractivity contribution in [3.05, 3.63) is 47.5 Å². The van der Waals surface area contributed by atoms with E-state index in [0.717, 1.165) is 36.4 Å². The molecule has 184 valence electrons. The first-order chi connectivity index (χ1) is 15.4. The minimum Gasteiger partial charge on any atom is -0.282 e. The first kappa shape index (κ1) is 27.3. The Labute approximate surface area is 192 Å². The highest BCUT2D eigenvalue weighted by Crippen LogP contribution is 2.28. The van der Waals surface area contributed by atoms with E-state index in [9.17, 15) is 42.8 Å². The van der Waals surface area contributed by atoms with Gasteiger partial charge in [-0.05, 0) is 44.4 Å². The van der Waals surface area contributed by atoms with E-state index in [4.69, 9.17) is 9.11 Å². The number of benzene rings is 2. The molecule has 0 atom stereocenters. The molecule has 0 aromatic heterocycles. The standard InChI is InChI=1S/C14H12N4O12S4/c19-31(20,21)13-7-11(15-17-33(25,26)27)5-3-9(13)1-2-10-4-6-12(16-18-34(28,29)30)8-14(10)32(22,23)24/h1-8H,(H,19,20,21)(H,22,23,24)(H,25,26,27)(H,28,29,30). The molecular weight excluding hydrogens is 544 g/mol. The van der Waals surface area contributed by atoms with E-state index in [1.165, 1.54) is 0 Å². The van der Waals surface area contributed by atoms with Gasteiger partial charge in [-0.1, -0.05) is 24.3 Å². The average molecular weight is 557 g/mol. The van der Waals surface area contributed by atoms with Crippen molar-refractivity contribution < 1.29 is 51.9 Å². The third-order valence-corrected chi connectivity index (χ3v) is 5.91. The summed E-state index contributed by atoms with van der Waals surface area (Å²) in [6.07, 6.45) is 1.99. The van der Waals surface area contributed by atoms with Gasteiger partial charge in [0.05, 0.1) is 11.4 Å². The molecule has 0 amide bonds. The van der Waals surface area contributed by atoms with Crippen LogP contribution >= 0.6 is 0 Å². The summed E-state index contributed by atoms with van der Waals surface area (Å²) in [6.45, 7) is 0. The van der Waals surface area contributed by atoms with Crippen molar-refractivity contribution in [2.75, 3.05) is 0 Å². The van der Waals surface area contributed by atoms with Crippen molar-refractivity contribution in [1.29, 1.82) is 0 Å². The Balaban J connectivity index is 2.59. The molecule has 4 N–H and O–H groups in total. The van der Waals surface area contributed by atoms with Gasteiger partial charge in [-0.2, -0.15) is 33.7 Å². The zero-order valence-electron chi connectivity index (χ0n) is 16.1. The minimum absolute atomic E-state index is 0.246. The van der Waals surface area contributed by atoms with Gasteiger partial charge in [-0.25, -0.2) is 0 Å². The van der Waals surface area contributed by atoms with Crippen LogP contribution < -0.4 is 0 Å². The van der Waals surface area contributed by atoms with E-state index in [1.54, 1.807) is 0 Å². The fourth-order valence-corrected chi connectivity index (χ4v) is 4.07. The lowest BCUT2D eigenvalue weighted by molar-refractivity contribution is 0.480. The Morgan fingerprint density at radius 2 is 0.882 bits per heavy atom. The van der Waals surface area contributed by atoms with Crippen LogP contribution in [0.4, 0.5) is 11.4 Å². The Morgan fingerprint density at radius 1 is 0.559 bits per heavy atom. The van der Waals surface area contributed by atoms with Crippen LogP contribution in [0.1, 0.15) is 11.1 Å². The summed E-state index contributed by atoms with van der Waals surface area (Å²) in [5.74, 6) is 0. The predicted octanol–water partition coefficient (Wildman–Crippen LogP) is 2.12. The molecule has 0 saturated carbocycles. The van der Waals surface area contributed by atoms with E-state index >= 15 is 0 Å². The molecule has 0 fully saturated rings. The van der Waals surface area contributed by atoms with E-state index in [2.05, 4.69) is 19.3 Å². The Hall–Kier alpha value is -2.98. The van der Waals surface area contributed by atoms with Gasteiger partial charge >= 0.3 is 20.6 Å². The van der Waals surface area contributed by atoms with Crippen LogP contribution in [0, 0.1) is 0 Å². The van der Waals surface area contributed by atoms with Gasteiger partial charge in [0.1, 0.15) is 9.79 Å². The first-order valence-corrected chi connectivity index (χ1v) is 13.7. The van der Waals surface area contributed by atoms with Gasteiger partial charge in [-0.3, -0.25) is 18.2 Å². The molecule has 2 rings (SSSR count). The number of rotatable bonds is 8. The predicted molar refractivity (Wildman–Crippen MR) is 114 cm³/mol. The molecule has 2 aromatic carbocycles. The van der Waals surface area contributed by atoms with Crippen LogP contribution in [0.3, 0.4) is 0 Å². The number of hydrogen-bond acceptors (Lipinski definition) is 10. The van der Waals surface area contributed by atoms with E-state index in [1.807, 2.05) is 0 Å². The van der Waals surface area contributed by atoms with Crippen molar-refractivity contribution in [2.45, 2.75) is 9.79 Å². The molecular formula is C14H12N4O12S4. The normalized spacial score (nSPS) is 13.9. The van der Waals surface area contributed by atoms with Gasteiger partial charge < -0.3 is 0 Å². The zero-order valence-corrected chi connectivity index (χ0v) is 19.4. The monoisotopic (exact) mass is 556 g/mol. The number of nitrogens with zero attached hydrogens (tertiary/aromatic N) is 4. The maximum Gasteiger partial charge on any atom is 0.396 e. The summed E-state index contributed by atoms with van der Waals surface area (Å²) in [5, 5.41) is 6.19. The lowest BCUT2D eigenvalue weighted by Crippen LogP contribution is -2.01. The van der Waals surface area contributed by atoms with Gasteiger partial charge in [0.15, 0.2) is 0 Å². The third kappa shape index (κ3) is 8.42. The Morgan fingerprint density at radius 3 is 1.15 bits per heavy atom. The highest BCUT2D eigenvalue weighted by Gasteiger charge is 2.18. The van der Waals surface area contributed by atoms with E-state index < -0.39 is 62.0 Å². The van der Waals surface area contributed by atoms with Gasteiger partial charge in [0, 0.05) is 0 Å².